The van der Waals surface area contributed by atoms with Gasteiger partial charge in [0.05, 0.1) is 16.9 Å². The van der Waals surface area contributed by atoms with Gasteiger partial charge in [-0.25, -0.2) is 0 Å². The number of hydrogen-bond donors (Lipinski definition) is 2. The summed E-state index contributed by atoms with van der Waals surface area (Å²) in [6.45, 7) is 1.21. The van der Waals surface area contributed by atoms with Gasteiger partial charge >= 0.3 is 0 Å². The van der Waals surface area contributed by atoms with Crippen molar-refractivity contribution in [2.75, 3.05) is 0 Å². The highest BCUT2D eigenvalue weighted by Crippen LogP contribution is 2.15. The summed E-state index contributed by atoms with van der Waals surface area (Å²) >= 11 is 0. The molecule has 0 unspecified atom stereocenters. The Hall–Kier alpha value is -4.01. The van der Waals surface area contributed by atoms with Crippen LogP contribution in [0.5, 0.6) is 0 Å². The van der Waals surface area contributed by atoms with Crippen LogP contribution in [0.1, 0.15) is 22.8 Å². The third kappa shape index (κ3) is 5.49. The van der Waals surface area contributed by atoms with Crippen molar-refractivity contribution in [2.45, 2.75) is 13.0 Å². The molecule has 1 atom stereocenters. The number of aliphatic carboxylic acids is 1. The minimum atomic E-state index is -1.50. The molecule has 0 radical (unpaired) electrons. The zero-order chi connectivity index (χ0) is 20.7. The summed E-state index contributed by atoms with van der Waals surface area (Å²) in [6.07, 6.45) is 1.21. The molecule has 2 N–H and O–H groups in total. The molecule has 2 rings (SSSR count). The van der Waals surface area contributed by atoms with Gasteiger partial charge in [0.1, 0.15) is 5.70 Å². The number of carbonyl (C=O) groups is 3. The highest BCUT2D eigenvalue weighted by Gasteiger charge is 2.17. The lowest BCUT2D eigenvalue weighted by molar-refractivity contribution is -0.384. The van der Waals surface area contributed by atoms with E-state index in [2.05, 4.69) is 10.6 Å². The maximum Gasteiger partial charge on any atom is 0.270 e. The summed E-state index contributed by atoms with van der Waals surface area (Å²) in [5, 5.41) is 26.4. The van der Waals surface area contributed by atoms with Gasteiger partial charge in [-0.15, -0.1) is 0 Å². The number of carboxylic acids is 1. The van der Waals surface area contributed by atoms with Gasteiger partial charge in [0.2, 0.25) is 0 Å². The first kappa shape index (κ1) is 20.3. The normalized spacial score (nSPS) is 12.0. The van der Waals surface area contributed by atoms with Crippen molar-refractivity contribution in [1.82, 2.24) is 10.6 Å². The minimum absolute atomic E-state index is 0.203. The second kappa shape index (κ2) is 9.08. The van der Waals surface area contributed by atoms with E-state index in [9.17, 15) is 29.6 Å². The molecule has 28 heavy (non-hydrogen) atoms. The lowest BCUT2D eigenvalue weighted by atomic mass is 10.1. The lowest BCUT2D eigenvalue weighted by Gasteiger charge is -2.17. The molecule has 0 fully saturated rings. The molecule has 0 bridgehead atoms. The maximum absolute atomic E-state index is 12.4. The monoisotopic (exact) mass is 382 g/mol. The first-order valence-corrected chi connectivity index (χ1v) is 8.12. The molecule has 0 aliphatic carbocycles. The molecule has 144 valence electrons. The minimum Gasteiger partial charge on any atom is -0.548 e. The smallest absolute Gasteiger partial charge is 0.270 e. The Balaban J connectivity index is 2.36. The number of carboxylic acid groups (broad SMARTS) is 1. The van der Waals surface area contributed by atoms with Crippen LogP contribution >= 0.6 is 0 Å². The van der Waals surface area contributed by atoms with Crippen molar-refractivity contribution < 1.29 is 24.4 Å². The van der Waals surface area contributed by atoms with Gasteiger partial charge in [-0.3, -0.25) is 19.7 Å². The Morgan fingerprint density at radius 3 is 2.36 bits per heavy atom. The van der Waals surface area contributed by atoms with Gasteiger partial charge in [-0.1, -0.05) is 30.3 Å². The molecule has 0 saturated carbocycles. The van der Waals surface area contributed by atoms with E-state index in [-0.39, 0.29) is 22.5 Å². The Morgan fingerprint density at radius 2 is 1.75 bits per heavy atom. The Labute approximate surface area is 159 Å². The van der Waals surface area contributed by atoms with E-state index in [0.717, 1.165) is 0 Å². The molecular weight excluding hydrogens is 366 g/mol. The molecule has 9 heteroatoms. The van der Waals surface area contributed by atoms with E-state index in [0.29, 0.717) is 0 Å². The molecule has 0 saturated heterocycles. The van der Waals surface area contributed by atoms with Crippen LogP contribution < -0.4 is 15.7 Å². The third-order valence-electron chi connectivity index (χ3n) is 3.62. The van der Waals surface area contributed by atoms with E-state index in [1.54, 1.807) is 18.2 Å². The van der Waals surface area contributed by atoms with Crippen LogP contribution in [0.2, 0.25) is 0 Å². The maximum atomic E-state index is 12.4. The number of benzene rings is 2. The Morgan fingerprint density at radius 1 is 1.07 bits per heavy atom. The quantitative estimate of drug-likeness (QED) is 0.408. The fourth-order valence-electron chi connectivity index (χ4n) is 2.17. The van der Waals surface area contributed by atoms with E-state index < -0.39 is 28.7 Å². The van der Waals surface area contributed by atoms with Gasteiger partial charge in [-0.2, -0.15) is 0 Å². The van der Waals surface area contributed by atoms with Gasteiger partial charge in [0.15, 0.2) is 0 Å². The van der Waals surface area contributed by atoms with Crippen LogP contribution in [0.3, 0.4) is 0 Å². The molecule has 0 spiro atoms. The van der Waals surface area contributed by atoms with E-state index in [1.165, 1.54) is 49.4 Å². The molecule has 0 aromatic heterocycles. The van der Waals surface area contributed by atoms with Crippen LogP contribution in [0.25, 0.3) is 6.08 Å². The van der Waals surface area contributed by atoms with Gasteiger partial charge in [0, 0.05) is 17.7 Å². The zero-order valence-corrected chi connectivity index (χ0v) is 14.7. The largest absolute Gasteiger partial charge is 0.548 e. The Bertz CT molecular complexity index is 940. The summed E-state index contributed by atoms with van der Waals surface area (Å²) < 4.78 is 0. The van der Waals surface area contributed by atoms with Crippen molar-refractivity contribution >= 4 is 29.5 Å². The van der Waals surface area contributed by atoms with Gasteiger partial charge < -0.3 is 20.5 Å². The highest BCUT2D eigenvalue weighted by molar-refractivity contribution is 6.06. The number of nitrogens with zero attached hydrogens (tertiary/aromatic N) is 1. The van der Waals surface area contributed by atoms with Crippen LogP contribution in [0.4, 0.5) is 5.69 Å². The fourth-order valence-corrected chi connectivity index (χ4v) is 2.17. The molecule has 2 aromatic carbocycles. The highest BCUT2D eigenvalue weighted by atomic mass is 16.6. The number of nitro groups is 1. The van der Waals surface area contributed by atoms with Crippen LogP contribution in [-0.2, 0) is 9.59 Å². The zero-order valence-electron chi connectivity index (χ0n) is 14.7. The second-order valence-corrected chi connectivity index (χ2v) is 5.74. The molecule has 0 aliphatic heterocycles. The average molecular weight is 382 g/mol. The standard InChI is InChI=1S/C19H17N3O6/c1-12(19(25)26)20-18(24)16(21-17(23)14-7-3-2-4-8-14)11-13-6-5-9-15(10-13)22(27)28/h2-12H,1H3,(H,20,24)(H,21,23)(H,25,26)/p-1/b16-11+/t12-/m0/s1. The SMILES string of the molecule is C[C@H](NC(=O)/C(=C\c1cccc([N+](=O)[O-])c1)NC(=O)c1ccccc1)C(=O)[O-]. The molecule has 0 aliphatic rings. The Kier molecular flexibility index (Phi) is 6.58. The van der Waals surface area contributed by atoms with Crippen LogP contribution in [0.15, 0.2) is 60.3 Å². The third-order valence-corrected chi connectivity index (χ3v) is 3.62. The van der Waals surface area contributed by atoms with Crippen molar-refractivity contribution in [3.8, 4) is 0 Å². The summed E-state index contributed by atoms with van der Waals surface area (Å²) in [4.78, 5) is 46.0. The summed E-state index contributed by atoms with van der Waals surface area (Å²) in [5.41, 5.74) is 0.0652. The number of carbonyl (C=O) groups excluding carboxylic acids is 3. The molecule has 2 aromatic rings. The summed E-state index contributed by atoms with van der Waals surface area (Å²) in [6, 6.07) is 12.1. The number of nitrogens with one attached hydrogen (secondary N) is 2. The molecular formula is C19H16N3O6-. The van der Waals surface area contributed by atoms with E-state index in [4.69, 9.17) is 0 Å². The number of rotatable bonds is 7. The topological polar surface area (TPSA) is 141 Å². The number of nitro benzene ring substituents is 1. The van der Waals surface area contributed by atoms with Crippen LogP contribution in [-0.4, -0.2) is 28.7 Å². The predicted molar refractivity (Wildman–Crippen MR) is 97.6 cm³/mol. The van der Waals surface area contributed by atoms with Gasteiger partial charge in [-0.05, 0) is 30.7 Å². The summed E-state index contributed by atoms with van der Waals surface area (Å²) in [7, 11) is 0. The average Bonchev–Trinajstić information content (AvgIpc) is 2.68. The van der Waals surface area contributed by atoms with Crippen molar-refractivity contribution in [2.24, 2.45) is 0 Å². The molecule has 9 nitrogen and oxygen atoms in total. The second-order valence-electron chi connectivity index (χ2n) is 5.74. The molecule has 2 amide bonds. The number of hydrogen-bond acceptors (Lipinski definition) is 6. The van der Waals surface area contributed by atoms with Crippen molar-refractivity contribution in [1.29, 1.82) is 0 Å². The summed E-state index contributed by atoms with van der Waals surface area (Å²) in [5.74, 6) is -2.99. The number of non-ortho nitro benzene ring substituents is 1. The first-order valence-electron chi connectivity index (χ1n) is 8.12. The fraction of sp³-hybridized carbons (Fsp3) is 0.105. The predicted octanol–water partition coefficient (Wildman–Crippen LogP) is 0.620. The first-order chi connectivity index (χ1) is 13.3. The van der Waals surface area contributed by atoms with Crippen molar-refractivity contribution in [3.63, 3.8) is 0 Å². The number of amides is 2. The lowest BCUT2D eigenvalue weighted by Crippen LogP contribution is -2.48. The molecule has 0 heterocycles. The van der Waals surface area contributed by atoms with Gasteiger partial charge in [0.25, 0.3) is 17.5 Å². The van der Waals surface area contributed by atoms with Crippen LogP contribution in [0, 0.1) is 10.1 Å². The van der Waals surface area contributed by atoms with E-state index >= 15 is 0 Å². The van der Waals surface area contributed by atoms with E-state index in [1.807, 2.05) is 0 Å². The van der Waals surface area contributed by atoms with Crippen molar-refractivity contribution in [3.05, 3.63) is 81.5 Å².